The van der Waals surface area contributed by atoms with E-state index >= 15 is 0 Å². The average molecular weight is 937 g/mol. The van der Waals surface area contributed by atoms with Crippen molar-refractivity contribution in [3.05, 3.63) is 0 Å². The van der Waals surface area contributed by atoms with E-state index in [1.165, 1.54) is 0 Å². The molecule has 4 aliphatic heterocycles. The largest absolute Gasteiger partial charge is 0.479 e. The lowest BCUT2D eigenvalue weighted by molar-refractivity contribution is -0.367. The van der Waals surface area contributed by atoms with Crippen molar-refractivity contribution in [3.8, 4) is 0 Å². The molecule has 0 spiro atoms. The fourth-order valence-electron chi connectivity index (χ4n) is 6.78. The highest BCUT2D eigenvalue weighted by molar-refractivity contribution is 7.81. The van der Waals surface area contributed by atoms with Gasteiger partial charge < -0.3 is 94.9 Å². The Morgan fingerprint density at radius 1 is 0.525 bits per heavy atom. The van der Waals surface area contributed by atoms with Gasteiger partial charge in [-0.05, 0) is 0 Å². The summed E-state index contributed by atoms with van der Waals surface area (Å²) >= 11 is 0. The SMILES string of the molecule is CC(=O)N[C@H]1[C@H](O[C@H]2[C@H](O)[C@@H](O)[C@H](O[C@H]3[C@@H](OS(=O)(=O)O)[C@@H](CO)OC(O)[C@@H]3NC(C)=O)O[C@@H]2C(=O)O)O[C@H](CO)[C@H](OS(=O)(=O)O)[C@@H]1O[C@@H]1O[C@H](C(=O)O)[C@@H](O)[C@H](O)[C@H]1O. The summed E-state index contributed by atoms with van der Waals surface area (Å²) in [5, 5.41) is 108. The van der Waals surface area contributed by atoms with Crippen molar-refractivity contribution in [2.75, 3.05) is 13.2 Å². The molecule has 0 saturated carbocycles. The molecule has 14 N–H and O–H groups in total. The first-order valence-electron chi connectivity index (χ1n) is 17.4. The van der Waals surface area contributed by atoms with E-state index in [1.807, 2.05) is 0 Å². The zero-order valence-electron chi connectivity index (χ0n) is 31.1. The van der Waals surface area contributed by atoms with Gasteiger partial charge in [0.25, 0.3) is 0 Å². The molecule has 0 aromatic heterocycles. The van der Waals surface area contributed by atoms with Crippen LogP contribution in [0.25, 0.3) is 0 Å². The molecule has 33 heteroatoms. The van der Waals surface area contributed by atoms with Crippen molar-refractivity contribution in [1.82, 2.24) is 10.6 Å². The maximum Gasteiger partial charge on any atom is 0.397 e. The molecule has 0 aromatic rings. The first kappa shape index (κ1) is 50.7. The third kappa shape index (κ3) is 12.2. The van der Waals surface area contributed by atoms with E-state index in [1.54, 1.807) is 0 Å². The van der Waals surface area contributed by atoms with Gasteiger partial charge in [-0.25, -0.2) is 18.0 Å². The number of nitrogens with one attached hydrogen (secondary N) is 2. The second-order valence-electron chi connectivity index (χ2n) is 13.7. The fraction of sp³-hybridized carbons (Fsp3) is 0.857. The van der Waals surface area contributed by atoms with Crippen LogP contribution in [0.5, 0.6) is 0 Å². The first-order chi connectivity index (χ1) is 28.2. The molecule has 4 aliphatic rings. The molecule has 0 aliphatic carbocycles. The van der Waals surface area contributed by atoms with Crippen LogP contribution < -0.4 is 10.6 Å². The van der Waals surface area contributed by atoms with E-state index < -0.39 is 180 Å². The Kier molecular flexibility index (Phi) is 16.8. The minimum absolute atomic E-state index is 0.823. The highest BCUT2D eigenvalue weighted by atomic mass is 32.3. The number of aliphatic hydroxyl groups excluding tert-OH is 8. The van der Waals surface area contributed by atoms with E-state index in [2.05, 4.69) is 19.0 Å². The van der Waals surface area contributed by atoms with Crippen LogP contribution in [0.3, 0.4) is 0 Å². The van der Waals surface area contributed by atoms with Crippen molar-refractivity contribution in [1.29, 1.82) is 0 Å². The smallest absolute Gasteiger partial charge is 0.397 e. The number of carbonyl (C=O) groups is 4. The molecule has 1 unspecified atom stereocenters. The fourth-order valence-corrected chi connectivity index (χ4v) is 7.80. The van der Waals surface area contributed by atoms with Crippen LogP contribution in [0.4, 0.5) is 0 Å². The molecular weight excluding hydrogens is 892 g/mol. The number of carboxylic acid groups (broad SMARTS) is 2. The summed E-state index contributed by atoms with van der Waals surface area (Å²) in [6.45, 7) is -0.754. The van der Waals surface area contributed by atoms with Gasteiger partial charge in [0.15, 0.2) is 37.4 Å². The molecule has 0 aromatic carbocycles. The molecule has 0 radical (unpaired) electrons. The zero-order valence-corrected chi connectivity index (χ0v) is 32.7. The lowest BCUT2D eigenvalue weighted by Crippen LogP contribution is -2.71. The number of hydrogen-bond donors (Lipinski definition) is 14. The summed E-state index contributed by atoms with van der Waals surface area (Å²) in [6, 6.07) is -4.04. The van der Waals surface area contributed by atoms with Gasteiger partial charge in [0.05, 0.1) is 13.2 Å². The summed E-state index contributed by atoms with van der Waals surface area (Å²) < 4.78 is 113. The van der Waals surface area contributed by atoms with Gasteiger partial charge in [-0.3, -0.25) is 18.7 Å². The zero-order chi connectivity index (χ0) is 46.0. The summed E-state index contributed by atoms with van der Waals surface area (Å²) in [5.41, 5.74) is 0. The van der Waals surface area contributed by atoms with Crippen LogP contribution >= 0.6 is 0 Å². The number of carbonyl (C=O) groups excluding carboxylic acids is 2. The van der Waals surface area contributed by atoms with Gasteiger partial charge in [0, 0.05) is 13.8 Å². The summed E-state index contributed by atoms with van der Waals surface area (Å²) in [6.07, 6.45) is -41.8. The lowest BCUT2D eigenvalue weighted by Gasteiger charge is -2.50. The van der Waals surface area contributed by atoms with E-state index in [0.29, 0.717) is 0 Å². The Bertz CT molecular complexity index is 1790. The van der Waals surface area contributed by atoms with Gasteiger partial charge in [-0.2, -0.15) is 16.8 Å². The third-order valence-corrected chi connectivity index (χ3v) is 10.3. The van der Waals surface area contributed by atoms with Crippen molar-refractivity contribution >= 4 is 44.6 Å². The Morgan fingerprint density at radius 2 is 0.934 bits per heavy atom. The minimum Gasteiger partial charge on any atom is -0.479 e. The van der Waals surface area contributed by atoms with E-state index in [-0.39, 0.29) is 0 Å². The van der Waals surface area contributed by atoms with Crippen LogP contribution in [0.15, 0.2) is 0 Å². The number of ether oxygens (including phenoxy) is 7. The third-order valence-electron chi connectivity index (χ3n) is 9.35. The second-order valence-corrected chi connectivity index (χ2v) is 15.8. The standard InChI is InChI=1S/C28H44N2O29S2/c1-5(33)29-9-18(16(58-60(45,46)47)7(3-31)51-25(9)44)53-28-15(39)13(37)20(22(57-28)24(42)43)55-26-10(30-6(2)34)19(17(8(4-32)52-26)59-61(48,49)50)54-27-14(38)11(35)12(36)21(56-27)23(40)41/h7-22,25-28,31-32,35-39,44H,3-4H2,1-2H3,(H,29,33)(H,30,34)(H,40,41)(H,42,43)(H,45,46,47)(H,48,49,50)/t7-,8-,9-,10-,11+,12+,13-,14-,15-,16+,17+,18-,19-,20+,21+,22+,25?,26+,27-,28-/m1/s1. The predicted molar refractivity (Wildman–Crippen MR) is 179 cm³/mol. The average Bonchev–Trinajstić information content (AvgIpc) is 3.13. The first-order valence-corrected chi connectivity index (χ1v) is 20.1. The molecular formula is C28H44N2O29S2. The number of amides is 2. The maximum atomic E-state index is 12.6. The Hall–Kier alpha value is -2.98. The maximum absolute atomic E-state index is 12.6. The highest BCUT2D eigenvalue weighted by Gasteiger charge is 2.59. The number of aliphatic carboxylic acids is 2. The molecule has 4 heterocycles. The van der Waals surface area contributed by atoms with Crippen LogP contribution in [0, 0.1) is 0 Å². The van der Waals surface area contributed by atoms with Gasteiger partial charge in [0.2, 0.25) is 11.8 Å². The van der Waals surface area contributed by atoms with Crippen molar-refractivity contribution in [2.45, 2.75) is 137 Å². The normalized spacial score (nSPS) is 42.3. The molecule has 31 nitrogen and oxygen atoms in total. The molecule has 4 rings (SSSR count). The minimum atomic E-state index is -5.60. The van der Waals surface area contributed by atoms with Crippen LogP contribution in [0.2, 0.25) is 0 Å². The summed E-state index contributed by atoms with van der Waals surface area (Å²) in [5.74, 6) is -5.99. The van der Waals surface area contributed by atoms with Crippen molar-refractivity contribution in [3.63, 3.8) is 0 Å². The van der Waals surface area contributed by atoms with Gasteiger partial charge in [-0.1, -0.05) is 0 Å². The van der Waals surface area contributed by atoms with Crippen molar-refractivity contribution in [2.24, 2.45) is 0 Å². The van der Waals surface area contributed by atoms with E-state index in [0.717, 1.165) is 13.8 Å². The molecule has 61 heavy (non-hydrogen) atoms. The number of carboxylic acids is 2. The molecule has 20 atom stereocenters. The Labute approximate surface area is 342 Å². The van der Waals surface area contributed by atoms with Gasteiger partial charge in [0.1, 0.15) is 85.3 Å². The topological polar surface area (TPSA) is 486 Å². The number of rotatable bonds is 16. The van der Waals surface area contributed by atoms with Crippen LogP contribution in [0.1, 0.15) is 13.8 Å². The van der Waals surface area contributed by atoms with Gasteiger partial charge >= 0.3 is 32.7 Å². The summed E-state index contributed by atoms with van der Waals surface area (Å²) in [4.78, 5) is 48.9. The molecule has 0 bridgehead atoms. The second kappa shape index (κ2) is 20.2. The number of aliphatic hydroxyl groups is 8. The highest BCUT2D eigenvalue weighted by Crippen LogP contribution is 2.36. The molecule has 4 saturated heterocycles. The van der Waals surface area contributed by atoms with Crippen molar-refractivity contribution < 1.29 is 138 Å². The quantitative estimate of drug-likeness (QED) is 0.0639. The van der Waals surface area contributed by atoms with E-state index in [9.17, 15) is 96.2 Å². The summed E-state index contributed by atoms with van der Waals surface area (Å²) in [7, 11) is -11.1. The van der Waals surface area contributed by atoms with Crippen LogP contribution in [-0.4, -0.2) is 237 Å². The Balaban J connectivity index is 1.73. The lowest BCUT2D eigenvalue weighted by atomic mass is 9.94. The monoisotopic (exact) mass is 936 g/mol. The number of hydrogen-bond acceptors (Lipinski definition) is 25. The molecule has 352 valence electrons. The predicted octanol–water partition coefficient (Wildman–Crippen LogP) is -9.62. The van der Waals surface area contributed by atoms with Gasteiger partial charge in [-0.15, -0.1) is 0 Å². The Morgan fingerprint density at radius 3 is 1.38 bits per heavy atom. The molecule has 4 fully saturated rings. The van der Waals surface area contributed by atoms with Crippen LogP contribution in [-0.2, 0) is 81.5 Å². The van der Waals surface area contributed by atoms with E-state index in [4.69, 9.17) is 33.2 Å². The molecule has 2 amide bonds.